The van der Waals surface area contributed by atoms with Crippen LogP contribution in [0.1, 0.15) is 52.6 Å². The van der Waals surface area contributed by atoms with E-state index in [9.17, 15) is 55.1 Å². The number of hydrogen-bond acceptors (Lipinski definition) is 14. The summed E-state index contributed by atoms with van der Waals surface area (Å²) in [6, 6.07) is 25.7. The molecule has 0 unspecified atom stereocenters. The number of aromatic carboxylic acids is 1. The summed E-state index contributed by atoms with van der Waals surface area (Å²) in [4.78, 5) is 88.7. The van der Waals surface area contributed by atoms with Crippen LogP contribution in [0, 0.1) is 34.9 Å². The smallest absolute Gasteiger partial charge is 0.335 e. The van der Waals surface area contributed by atoms with Gasteiger partial charge in [0.25, 0.3) is 17.7 Å². The third kappa shape index (κ3) is 16.6. The fourth-order valence-corrected chi connectivity index (χ4v) is 9.46. The van der Waals surface area contributed by atoms with Gasteiger partial charge in [-0.2, -0.15) is 0 Å². The first kappa shape index (κ1) is 67.1. The first-order chi connectivity index (χ1) is 43.3. The van der Waals surface area contributed by atoms with Crippen molar-refractivity contribution in [1.82, 2.24) is 54.9 Å². The normalized spacial score (nSPS) is 12.8. The highest BCUT2D eigenvalue weighted by Crippen LogP contribution is 2.25. The van der Waals surface area contributed by atoms with Crippen molar-refractivity contribution < 1.29 is 55.7 Å². The number of pyridine rings is 2. The van der Waals surface area contributed by atoms with Gasteiger partial charge in [0.15, 0.2) is 23.3 Å². The van der Waals surface area contributed by atoms with Gasteiger partial charge in [0.2, 0.25) is 0 Å². The first-order valence-electron chi connectivity index (χ1n) is 27.8. The molecule has 2 aliphatic rings. The largest absolute Gasteiger partial charge is 0.478 e. The third-order valence-corrected chi connectivity index (χ3v) is 14.0. The number of anilines is 2. The van der Waals surface area contributed by atoms with Crippen LogP contribution in [-0.4, -0.2) is 148 Å². The van der Waals surface area contributed by atoms with E-state index in [0.29, 0.717) is 59.3 Å². The Morgan fingerprint density at radius 1 is 0.522 bits per heavy atom. The van der Waals surface area contributed by atoms with Gasteiger partial charge in [-0.3, -0.25) is 38.1 Å². The number of aliphatic hydroxyl groups excluding tert-OH is 1. The predicted octanol–water partition coefficient (Wildman–Crippen LogP) is 5.82. The van der Waals surface area contributed by atoms with E-state index in [0.717, 1.165) is 96.7 Å². The summed E-state index contributed by atoms with van der Waals surface area (Å²) in [7, 11) is 5.98. The SMILES string of the molecule is CN.CNC(=O)c1ccc(F)c(F)c1.CNC(=O)c1ccc(N2CCN(Cc3cnc4c(c3)[nH]c(=O)n3cccc43)CC2)c(F)c1.CNC(=O)c1ccc(N2CCNCC2)c(F)c1.O=C(O)c1ccc(F)c(F)c1.O=c1[nH]c2cc(CO)cnc2c2cccn12. The second-order valence-electron chi connectivity index (χ2n) is 19.7. The molecule has 0 radical (unpaired) electrons. The zero-order chi connectivity index (χ0) is 65.2. The van der Waals surface area contributed by atoms with Crippen LogP contribution in [0.15, 0.2) is 144 Å². The van der Waals surface area contributed by atoms with E-state index in [-0.39, 0.29) is 52.6 Å². The minimum Gasteiger partial charge on any atom is -0.478 e. The zero-order valence-corrected chi connectivity index (χ0v) is 49.1. The standard InChI is InChI=1S/C23H23FN6O2.C12H16FN3O.C11H9N3O2.C8H7F2NO.C7H4F2O2.CH5N/c1-25-22(31)16-4-5-19(17(24)12-16)29-9-7-28(8-10-29)14-15-11-18-21(26-13-15)20-3-2-6-30(20)23(32)27-18;1-14-12(17)9-2-3-11(10(13)8-9)16-6-4-15-5-7-16;15-6-7-4-8-10(12-5-7)9-2-1-3-14(9)11(16)13-8;1-11-8(12)5-2-3-6(9)7(10)4-5;8-5-2-1-4(7(10)11)3-6(5)9;1-2/h2-6,11-13H,7-10,14H2,1H3,(H,25,31)(H,27,32);2-3,8,15H,4-7H2,1H3,(H,14,17);1-5,15H,6H2,(H,13,16);2-4H,1H3,(H,11,12);1-3H,(H,10,11);2H2,1H3. The van der Waals surface area contributed by atoms with E-state index in [1.807, 2.05) is 40.3 Å². The van der Waals surface area contributed by atoms with Crippen molar-refractivity contribution in [2.75, 3.05) is 90.3 Å². The summed E-state index contributed by atoms with van der Waals surface area (Å²) in [5, 5.41) is 27.8. The summed E-state index contributed by atoms with van der Waals surface area (Å²) in [6.45, 7) is 6.80. The molecule has 0 aliphatic carbocycles. The third-order valence-electron chi connectivity index (χ3n) is 14.0. The molecular weight excluding hydrogens is 1180 g/mol. The summed E-state index contributed by atoms with van der Waals surface area (Å²) in [6.07, 6.45) is 6.86. The molecule has 6 aromatic heterocycles. The van der Waals surface area contributed by atoms with Crippen LogP contribution in [0.5, 0.6) is 0 Å². The number of hydrogen-bond donors (Lipinski definition) is 9. The molecule has 0 atom stereocenters. The zero-order valence-electron chi connectivity index (χ0n) is 49.1. The average Bonchev–Trinajstić information content (AvgIpc) is 1.98. The number of carboxylic acid groups (broad SMARTS) is 1. The maximum absolute atomic E-state index is 14.6. The molecule has 28 heteroatoms. The number of halogens is 6. The van der Waals surface area contributed by atoms with Gasteiger partial charge in [0.1, 0.15) is 22.7 Å². The molecule has 8 heterocycles. The number of benzene rings is 4. The number of aliphatic hydroxyl groups is 1. The maximum atomic E-state index is 14.6. The number of piperazine rings is 2. The lowest BCUT2D eigenvalue weighted by molar-refractivity contribution is 0.0695. The summed E-state index contributed by atoms with van der Waals surface area (Å²) in [5.41, 5.74) is 11.8. The Hall–Kier alpha value is -10.4. The van der Waals surface area contributed by atoms with E-state index in [2.05, 4.69) is 51.8 Å². The number of rotatable bonds is 9. The summed E-state index contributed by atoms with van der Waals surface area (Å²) in [5.74, 6) is -7.18. The highest BCUT2D eigenvalue weighted by Gasteiger charge is 2.22. The van der Waals surface area contributed by atoms with E-state index < -0.39 is 35.1 Å². The molecule has 4 aromatic carbocycles. The Labute approximate surface area is 509 Å². The second-order valence-corrected chi connectivity index (χ2v) is 19.7. The van der Waals surface area contributed by atoms with Gasteiger partial charge in [-0.25, -0.2) is 40.7 Å². The van der Waals surface area contributed by atoms with Gasteiger partial charge in [0.05, 0.1) is 45.6 Å². The van der Waals surface area contributed by atoms with Gasteiger partial charge in [-0.1, -0.05) is 0 Å². The number of aromatic nitrogens is 6. The van der Waals surface area contributed by atoms with Gasteiger partial charge in [-0.15, -0.1) is 0 Å². The summed E-state index contributed by atoms with van der Waals surface area (Å²) < 4.78 is 80.9. The molecule has 10 aromatic rings. The number of nitrogens with one attached hydrogen (secondary N) is 6. The monoisotopic (exact) mass is 1250 g/mol. The number of carboxylic acids is 1. The number of nitrogens with two attached hydrogens (primary N) is 1. The minimum absolute atomic E-state index is 0.0861. The van der Waals surface area contributed by atoms with Gasteiger partial charge < -0.3 is 57.0 Å². The number of carbonyl (C=O) groups excluding carboxylic acids is 3. The van der Waals surface area contributed by atoms with Crippen molar-refractivity contribution >= 4 is 68.2 Å². The quantitative estimate of drug-likeness (QED) is 0.0770. The Bertz CT molecular complexity index is 4300. The Balaban J connectivity index is 0.000000170. The van der Waals surface area contributed by atoms with Gasteiger partial charge >= 0.3 is 17.3 Å². The fourth-order valence-electron chi connectivity index (χ4n) is 9.46. The molecule has 2 fully saturated rings. The molecule has 0 saturated carbocycles. The maximum Gasteiger partial charge on any atom is 0.335 e. The van der Waals surface area contributed by atoms with Crippen LogP contribution in [0.3, 0.4) is 0 Å². The second kappa shape index (κ2) is 31.5. The van der Waals surface area contributed by atoms with Gasteiger partial charge in [-0.05, 0) is 127 Å². The highest BCUT2D eigenvalue weighted by atomic mass is 19.2. The van der Waals surface area contributed by atoms with Crippen LogP contribution in [-0.2, 0) is 13.2 Å². The Morgan fingerprint density at radius 3 is 1.34 bits per heavy atom. The molecule has 0 spiro atoms. The molecule has 2 aliphatic heterocycles. The minimum atomic E-state index is -1.27. The van der Waals surface area contributed by atoms with Crippen molar-refractivity contribution in [3.8, 4) is 0 Å². The van der Waals surface area contributed by atoms with Crippen molar-refractivity contribution in [2.24, 2.45) is 5.73 Å². The van der Waals surface area contributed by atoms with Crippen molar-refractivity contribution in [2.45, 2.75) is 13.2 Å². The highest BCUT2D eigenvalue weighted by molar-refractivity contribution is 5.96. The predicted molar refractivity (Wildman–Crippen MR) is 328 cm³/mol. The number of carbonyl (C=O) groups is 4. The molecule has 10 N–H and O–H groups in total. The Kier molecular flexibility index (Phi) is 23.5. The average molecular weight is 1250 g/mol. The van der Waals surface area contributed by atoms with Crippen molar-refractivity contribution in [1.29, 1.82) is 0 Å². The van der Waals surface area contributed by atoms with Crippen molar-refractivity contribution in [3.63, 3.8) is 0 Å². The number of fused-ring (bicyclic) bond motifs is 6. The topological polar surface area (TPSA) is 293 Å². The molecule has 3 amide bonds. The molecule has 22 nitrogen and oxygen atoms in total. The van der Waals surface area contributed by atoms with Crippen LogP contribution in [0.25, 0.3) is 33.1 Å². The van der Waals surface area contributed by atoms with Gasteiger partial charge in [0, 0.05) is 122 Å². The summed E-state index contributed by atoms with van der Waals surface area (Å²) >= 11 is 0. The van der Waals surface area contributed by atoms with Crippen molar-refractivity contribution in [3.05, 3.63) is 223 Å². The van der Waals surface area contributed by atoms with Crippen LogP contribution in [0.4, 0.5) is 37.7 Å². The van der Waals surface area contributed by atoms with E-state index in [1.54, 1.807) is 59.4 Å². The fraction of sp³-hybridized carbons (Fsp3) is 0.226. The van der Waals surface area contributed by atoms with Crippen LogP contribution < -0.4 is 48.2 Å². The van der Waals surface area contributed by atoms with E-state index >= 15 is 0 Å². The van der Waals surface area contributed by atoms with E-state index in [4.69, 9.17) is 10.2 Å². The van der Waals surface area contributed by atoms with Crippen LogP contribution >= 0.6 is 0 Å². The van der Waals surface area contributed by atoms with E-state index in [1.165, 1.54) is 50.8 Å². The van der Waals surface area contributed by atoms with Crippen LogP contribution in [0.2, 0.25) is 0 Å². The first-order valence-corrected chi connectivity index (χ1v) is 27.8. The number of amides is 3. The molecule has 0 bridgehead atoms. The number of aromatic amines is 2. The lowest BCUT2D eigenvalue weighted by Crippen LogP contribution is -2.46. The molecule has 12 rings (SSSR count). The molecule has 90 heavy (non-hydrogen) atoms. The molecule has 472 valence electrons. The Morgan fingerprint density at radius 2 is 0.922 bits per heavy atom. The molecular formula is C62H64F6N14O8. The number of nitrogens with zero attached hydrogens (tertiary/aromatic N) is 7. The number of H-pyrrole nitrogens is 2. The lowest BCUT2D eigenvalue weighted by atomic mass is 10.1. The molecule has 2 saturated heterocycles. The lowest BCUT2D eigenvalue weighted by Gasteiger charge is -2.36.